The molecule has 4 nitrogen and oxygen atoms in total. The van der Waals surface area contributed by atoms with Gasteiger partial charge < -0.3 is 14.8 Å². The first-order valence-electron chi connectivity index (χ1n) is 7.83. The molecule has 2 aromatic heterocycles. The highest BCUT2D eigenvalue weighted by Crippen LogP contribution is 2.29. The molecule has 0 saturated carbocycles. The maximum atomic E-state index is 11.9. The molecule has 1 atom stereocenters. The maximum Gasteiger partial charge on any atom is 0.220 e. The Kier molecular flexibility index (Phi) is 5.46. The van der Waals surface area contributed by atoms with E-state index < -0.39 is 6.10 Å². The molecule has 0 saturated heterocycles. The second kappa shape index (κ2) is 7.95. The van der Waals surface area contributed by atoms with E-state index in [-0.39, 0.29) is 12.5 Å². The lowest BCUT2D eigenvalue weighted by Crippen LogP contribution is -2.28. The first kappa shape index (κ1) is 16.5. The highest BCUT2D eigenvalue weighted by atomic mass is 32.1. The van der Waals surface area contributed by atoms with Gasteiger partial charge in [-0.05, 0) is 30.2 Å². The van der Waals surface area contributed by atoms with Crippen molar-refractivity contribution in [2.24, 2.45) is 0 Å². The molecule has 0 radical (unpaired) electrons. The number of aliphatic hydroxyl groups is 1. The van der Waals surface area contributed by atoms with Crippen molar-refractivity contribution in [1.82, 2.24) is 5.32 Å². The van der Waals surface area contributed by atoms with Gasteiger partial charge in [0.05, 0.1) is 6.26 Å². The Morgan fingerprint density at radius 2 is 2.04 bits per heavy atom. The number of benzene rings is 1. The van der Waals surface area contributed by atoms with Gasteiger partial charge in [-0.2, -0.15) is 0 Å². The summed E-state index contributed by atoms with van der Waals surface area (Å²) in [5.74, 6) is 0.720. The number of nitrogens with one attached hydrogen (secondary N) is 1. The average Bonchev–Trinajstić information content (AvgIpc) is 3.29. The van der Waals surface area contributed by atoms with Crippen LogP contribution in [0.15, 0.2) is 64.6 Å². The molecule has 1 unspecified atom stereocenters. The summed E-state index contributed by atoms with van der Waals surface area (Å²) >= 11 is 1.46. The molecular formula is C19H19NO3S. The van der Waals surface area contributed by atoms with Crippen LogP contribution in [-0.4, -0.2) is 17.6 Å². The molecule has 1 amide bonds. The van der Waals surface area contributed by atoms with Gasteiger partial charge >= 0.3 is 0 Å². The van der Waals surface area contributed by atoms with Gasteiger partial charge in [-0.1, -0.05) is 30.3 Å². The molecule has 0 bridgehead atoms. The van der Waals surface area contributed by atoms with Crippen molar-refractivity contribution in [3.05, 3.63) is 70.6 Å². The topological polar surface area (TPSA) is 62.5 Å². The van der Waals surface area contributed by atoms with Gasteiger partial charge in [0.1, 0.15) is 11.9 Å². The van der Waals surface area contributed by atoms with E-state index in [1.165, 1.54) is 11.3 Å². The second-order valence-electron chi connectivity index (χ2n) is 5.52. The Labute approximate surface area is 144 Å². The summed E-state index contributed by atoms with van der Waals surface area (Å²) in [6.45, 7) is 0.214. The predicted octanol–water partition coefficient (Wildman–Crippen LogP) is 3.79. The zero-order valence-corrected chi connectivity index (χ0v) is 14.0. The minimum absolute atomic E-state index is 0.0549. The lowest BCUT2D eigenvalue weighted by molar-refractivity contribution is -0.121. The molecule has 124 valence electrons. The number of aryl methyl sites for hydroxylation is 1. The molecule has 0 spiro atoms. The van der Waals surface area contributed by atoms with Gasteiger partial charge in [0.25, 0.3) is 0 Å². The van der Waals surface area contributed by atoms with Crippen LogP contribution < -0.4 is 5.32 Å². The number of carbonyl (C=O) groups is 1. The number of carbonyl (C=O) groups excluding carboxylic acids is 1. The minimum atomic E-state index is -0.709. The van der Waals surface area contributed by atoms with E-state index in [1.54, 1.807) is 6.26 Å². The Hall–Kier alpha value is -2.37. The van der Waals surface area contributed by atoms with E-state index in [0.717, 1.165) is 21.8 Å². The van der Waals surface area contributed by atoms with Gasteiger partial charge in [0.2, 0.25) is 5.91 Å². The quantitative estimate of drug-likeness (QED) is 0.687. The molecule has 0 fully saturated rings. The lowest BCUT2D eigenvalue weighted by atomic mass is 10.1. The molecule has 2 N–H and O–H groups in total. The molecule has 3 rings (SSSR count). The summed E-state index contributed by atoms with van der Waals surface area (Å²) in [4.78, 5) is 12.7. The van der Waals surface area contributed by atoms with Gasteiger partial charge in [-0.25, -0.2) is 0 Å². The van der Waals surface area contributed by atoms with E-state index in [1.807, 2.05) is 53.9 Å². The second-order valence-corrected chi connectivity index (χ2v) is 6.46. The number of thiophene rings is 1. The van der Waals surface area contributed by atoms with Crippen LogP contribution in [0, 0.1) is 0 Å². The summed E-state index contributed by atoms with van der Waals surface area (Å²) in [5.41, 5.74) is 2.07. The molecule has 3 aromatic rings. The highest BCUT2D eigenvalue weighted by molar-refractivity contribution is 7.10. The SMILES string of the molecule is O=C(CCc1ccccc1)NCC(O)c1cc(-c2ccco2)cs1. The molecule has 1 aromatic carbocycles. The largest absolute Gasteiger partial charge is 0.464 e. The fourth-order valence-corrected chi connectivity index (χ4v) is 3.28. The standard InChI is InChI=1S/C19H19NO3S/c21-16(18-11-15(13-24-18)17-7-4-10-23-17)12-20-19(22)9-8-14-5-2-1-3-6-14/h1-7,10-11,13,16,21H,8-9,12H2,(H,20,22). The van der Waals surface area contributed by atoms with E-state index in [2.05, 4.69) is 5.32 Å². The van der Waals surface area contributed by atoms with Crippen molar-refractivity contribution in [2.45, 2.75) is 18.9 Å². The molecule has 2 heterocycles. The predicted molar refractivity (Wildman–Crippen MR) is 94.8 cm³/mol. The first-order valence-corrected chi connectivity index (χ1v) is 8.71. The van der Waals surface area contributed by atoms with Crippen LogP contribution in [-0.2, 0) is 11.2 Å². The lowest BCUT2D eigenvalue weighted by Gasteiger charge is -2.10. The van der Waals surface area contributed by atoms with Crippen LogP contribution in [0.25, 0.3) is 11.3 Å². The molecule has 0 aliphatic rings. The van der Waals surface area contributed by atoms with E-state index >= 15 is 0 Å². The maximum absolute atomic E-state index is 11.9. The summed E-state index contributed by atoms with van der Waals surface area (Å²) in [7, 11) is 0. The molecule has 5 heteroatoms. The van der Waals surface area contributed by atoms with Crippen LogP contribution >= 0.6 is 11.3 Å². The monoisotopic (exact) mass is 341 g/mol. The Bertz CT molecular complexity index is 765. The zero-order valence-electron chi connectivity index (χ0n) is 13.1. The molecular weight excluding hydrogens is 322 g/mol. The number of furan rings is 1. The van der Waals surface area contributed by atoms with Crippen LogP contribution in [0.4, 0.5) is 0 Å². The van der Waals surface area contributed by atoms with Crippen molar-refractivity contribution >= 4 is 17.2 Å². The first-order chi connectivity index (χ1) is 11.7. The van der Waals surface area contributed by atoms with Crippen molar-refractivity contribution in [2.75, 3.05) is 6.54 Å². The third-order valence-electron chi connectivity index (χ3n) is 3.73. The van der Waals surface area contributed by atoms with Crippen molar-refractivity contribution in [3.8, 4) is 11.3 Å². The van der Waals surface area contributed by atoms with E-state index in [9.17, 15) is 9.90 Å². The van der Waals surface area contributed by atoms with Crippen LogP contribution in [0.1, 0.15) is 23.0 Å². The van der Waals surface area contributed by atoms with Gasteiger partial charge in [-0.3, -0.25) is 4.79 Å². The average molecular weight is 341 g/mol. The third-order valence-corrected chi connectivity index (χ3v) is 4.76. The van der Waals surface area contributed by atoms with Gasteiger partial charge in [0.15, 0.2) is 0 Å². The highest BCUT2D eigenvalue weighted by Gasteiger charge is 2.13. The molecule has 24 heavy (non-hydrogen) atoms. The number of rotatable bonds is 7. The van der Waals surface area contributed by atoms with E-state index in [0.29, 0.717) is 12.8 Å². The Morgan fingerprint density at radius 1 is 1.21 bits per heavy atom. The number of amides is 1. The van der Waals surface area contributed by atoms with E-state index in [4.69, 9.17) is 4.42 Å². The molecule has 0 aliphatic carbocycles. The van der Waals surface area contributed by atoms with Crippen LogP contribution in [0.5, 0.6) is 0 Å². The third kappa shape index (κ3) is 4.34. The molecule has 0 aliphatic heterocycles. The number of hydrogen-bond acceptors (Lipinski definition) is 4. The summed E-state index contributed by atoms with van der Waals surface area (Å²) in [6.07, 6.45) is 2.03. The zero-order chi connectivity index (χ0) is 16.8. The van der Waals surface area contributed by atoms with Crippen molar-refractivity contribution in [1.29, 1.82) is 0 Å². The van der Waals surface area contributed by atoms with Crippen molar-refractivity contribution < 1.29 is 14.3 Å². The van der Waals surface area contributed by atoms with Gasteiger partial charge in [0, 0.05) is 28.8 Å². The van der Waals surface area contributed by atoms with Crippen LogP contribution in [0.2, 0.25) is 0 Å². The number of hydrogen-bond donors (Lipinski definition) is 2. The normalized spacial score (nSPS) is 12.0. The van der Waals surface area contributed by atoms with Gasteiger partial charge in [-0.15, -0.1) is 11.3 Å². The van der Waals surface area contributed by atoms with Crippen molar-refractivity contribution in [3.63, 3.8) is 0 Å². The summed E-state index contributed by atoms with van der Waals surface area (Å²) < 4.78 is 5.34. The fraction of sp³-hybridized carbons (Fsp3) is 0.211. The summed E-state index contributed by atoms with van der Waals surface area (Å²) in [5, 5.41) is 15.0. The minimum Gasteiger partial charge on any atom is -0.464 e. The van der Waals surface area contributed by atoms with Crippen LogP contribution in [0.3, 0.4) is 0 Å². The smallest absolute Gasteiger partial charge is 0.220 e. The summed E-state index contributed by atoms with van der Waals surface area (Å²) in [6, 6.07) is 15.5. The fourth-order valence-electron chi connectivity index (χ4n) is 2.40. The number of aliphatic hydroxyl groups excluding tert-OH is 1. The Morgan fingerprint density at radius 3 is 2.79 bits per heavy atom. The Balaban J connectivity index is 1.46.